The summed E-state index contributed by atoms with van der Waals surface area (Å²) in [7, 11) is 1.31. The van der Waals surface area contributed by atoms with Crippen LogP contribution in [0.25, 0.3) is 22.2 Å². The second-order valence-corrected chi connectivity index (χ2v) is 7.08. The lowest BCUT2D eigenvalue weighted by Gasteiger charge is -2.09. The Morgan fingerprint density at radius 2 is 1.67 bits per heavy atom. The van der Waals surface area contributed by atoms with E-state index in [1.807, 2.05) is 48.5 Å². The van der Waals surface area contributed by atoms with Gasteiger partial charge in [0.15, 0.2) is 0 Å². The number of urea groups is 1. The van der Waals surface area contributed by atoms with Crippen LogP contribution in [0.4, 0.5) is 16.2 Å². The minimum Gasteiger partial charge on any atom is -0.465 e. The highest BCUT2D eigenvalue weighted by atomic mass is 35.5. The average molecular weight is 420 g/mol. The molecule has 0 aliphatic heterocycles. The molecule has 30 heavy (non-hydrogen) atoms. The Kier molecular flexibility index (Phi) is 5.41. The van der Waals surface area contributed by atoms with E-state index in [4.69, 9.17) is 11.6 Å². The van der Waals surface area contributed by atoms with Crippen LogP contribution in [0.1, 0.15) is 10.4 Å². The minimum absolute atomic E-state index is 0.360. The third-order valence-corrected chi connectivity index (χ3v) is 4.81. The molecule has 6 nitrogen and oxygen atoms in total. The van der Waals surface area contributed by atoms with E-state index in [0.717, 1.165) is 22.2 Å². The van der Waals surface area contributed by atoms with Gasteiger partial charge in [-0.15, -0.1) is 0 Å². The van der Waals surface area contributed by atoms with Gasteiger partial charge in [-0.3, -0.25) is 0 Å². The van der Waals surface area contributed by atoms with E-state index < -0.39 is 12.0 Å². The van der Waals surface area contributed by atoms with E-state index in [1.165, 1.54) is 7.11 Å². The van der Waals surface area contributed by atoms with Crippen LogP contribution < -0.4 is 10.6 Å². The van der Waals surface area contributed by atoms with Crippen LogP contribution in [0, 0.1) is 0 Å². The summed E-state index contributed by atoms with van der Waals surface area (Å²) in [4.78, 5) is 27.2. The Morgan fingerprint density at radius 1 is 0.900 bits per heavy atom. The lowest BCUT2D eigenvalue weighted by Crippen LogP contribution is -2.19. The molecule has 0 aliphatic carbocycles. The van der Waals surface area contributed by atoms with Crippen molar-refractivity contribution in [3.63, 3.8) is 0 Å². The highest BCUT2D eigenvalue weighted by Gasteiger charge is 2.09. The number of benzene rings is 3. The SMILES string of the molecule is COC(=O)c1cccc(NC(=O)Nc2ccc(-c3cc4cc(Cl)ccc4[nH]3)cc2)c1. The molecule has 4 rings (SSSR count). The van der Waals surface area contributed by atoms with Crippen LogP contribution in [0.2, 0.25) is 5.02 Å². The average Bonchev–Trinajstić information content (AvgIpc) is 3.17. The highest BCUT2D eigenvalue weighted by Crippen LogP contribution is 2.27. The van der Waals surface area contributed by atoms with Gasteiger partial charge in [0.2, 0.25) is 0 Å². The molecule has 0 aliphatic rings. The molecule has 3 N–H and O–H groups in total. The molecule has 0 bridgehead atoms. The van der Waals surface area contributed by atoms with Crippen molar-refractivity contribution in [2.24, 2.45) is 0 Å². The monoisotopic (exact) mass is 419 g/mol. The first-order chi connectivity index (χ1) is 14.5. The second kappa shape index (κ2) is 8.31. The smallest absolute Gasteiger partial charge is 0.337 e. The molecule has 0 saturated carbocycles. The third-order valence-electron chi connectivity index (χ3n) is 4.58. The largest absolute Gasteiger partial charge is 0.465 e. The molecule has 0 unspecified atom stereocenters. The van der Waals surface area contributed by atoms with Gasteiger partial charge in [0.1, 0.15) is 0 Å². The first-order valence-corrected chi connectivity index (χ1v) is 9.55. The van der Waals surface area contributed by atoms with E-state index in [9.17, 15) is 9.59 Å². The van der Waals surface area contributed by atoms with E-state index >= 15 is 0 Å². The maximum atomic E-state index is 12.3. The highest BCUT2D eigenvalue weighted by molar-refractivity contribution is 6.31. The Balaban J connectivity index is 1.44. The van der Waals surface area contributed by atoms with Gasteiger partial charge in [0, 0.05) is 33.0 Å². The maximum Gasteiger partial charge on any atom is 0.337 e. The first-order valence-electron chi connectivity index (χ1n) is 9.17. The van der Waals surface area contributed by atoms with Crippen molar-refractivity contribution in [1.29, 1.82) is 0 Å². The lowest BCUT2D eigenvalue weighted by atomic mass is 10.1. The van der Waals surface area contributed by atoms with Crippen LogP contribution in [-0.4, -0.2) is 24.1 Å². The van der Waals surface area contributed by atoms with E-state index in [2.05, 4.69) is 20.4 Å². The van der Waals surface area contributed by atoms with Gasteiger partial charge >= 0.3 is 12.0 Å². The van der Waals surface area contributed by atoms with Crippen molar-refractivity contribution in [1.82, 2.24) is 4.98 Å². The summed E-state index contributed by atoms with van der Waals surface area (Å²) in [6.45, 7) is 0. The fraction of sp³-hybridized carbons (Fsp3) is 0.0435. The topological polar surface area (TPSA) is 83.2 Å². The van der Waals surface area contributed by atoms with Gasteiger partial charge in [0.05, 0.1) is 12.7 Å². The molecule has 0 fully saturated rings. The third kappa shape index (κ3) is 4.29. The molecule has 7 heteroatoms. The van der Waals surface area contributed by atoms with Crippen LogP contribution in [0.5, 0.6) is 0 Å². The summed E-state index contributed by atoms with van der Waals surface area (Å²) in [5.74, 6) is -0.464. The molecule has 1 heterocycles. The molecule has 0 radical (unpaired) electrons. The van der Waals surface area contributed by atoms with Crippen molar-refractivity contribution in [2.45, 2.75) is 0 Å². The Bertz CT molecular complexity index is 1230. The Hall–Kier alpha value is -3.77. The molecular weight excluding hydrogens is 402 g/mol. The minimum atomic E-state index is -0.464. The summed E-state index contributed by atoms with van der Waals surface area (Å²) in [5.41, 5.74) is 4.44. The molecular formula is C23H18ClN3O3. The van der Waals surface area contributed by atoms with Crippen molar-refractivity contribution < 1.29 is 14.3 Å². The van der Waals surface area contributed by atoms with Crippen LogP contribution >= 0.6 is 11.6 Å². The quantitative estimate of drug-likeness (QED) is 0.359. The van der Waals surface area contributed by atoms with Crippen LogP contribution in [0.3, 0.4) is 0 Å². The summed E-state index contributed by atoms with van der Waals surface area (Å²) in [5, 5.41) is 7.20. The van der Waals surface area contributed by atoms with E-state index in [0.29, 0.717) is 22.0 Å². The number of H-pyrrole nitrogens is 1. The molecule has 0 spiro atoms. The molecule has 3 aromatic carbocycles. The summed E-state index contributed by atoms with van der Waals surface area (Å²) < 4.78 is 4.69. The number of rotatable bonds is 4. The standard InChI is InChI=1S/C23H18ClN3O3/c1-30-22(28)15-3-2-4-19(12-15)26-23(29)25-18-8-5-14(6-9-18)21-13-16-11-17(24)7-10-20(16)27-21/h2-13,27H,1H3,(H2,25,26,29). The van der Waals surface area contributed by atoms with Crippen LogP contribution in [-0.2, 0) is 4.74 Å². The predicted octanol–water partition coefficient (Wildman–Crippen LogP) is 5.92. The summed E-state index contributed by atoms with van der Waals surface area (Å²) in [6, 6.07) is 21.3. The number of hydrogen-bond acceptors (Lipinski definition) is 3. The zero-order chi connectivity index (χ0) is 21.1. The Morgan fingerprint density at radius 3 is 2.43 bits per heavy atom. The zero-order valence-corrected chi connectivity index (χ0v) is 16.8. The number of aromatic nitrogens is 1. The number of hydrogen-bond donors (Lipinski definition) is 3. The molecule has 2 amide bonds. The number of methoxy groups -OCH3 is 1. The lowest BCUT2D eigenvalue weighted by molar-refractivity contribution is 0.0600. The van der Waals surface area contributed by atoms with Gasteiger partial charge in [-0.1, -0.05) is 29.8 Å². The number of anilines is 2. The summed E-state index contributed by atoms with van der Waals surface area (Å²) >= 11 is 6.05. The fourth-order valence-corrected chi connectivity index (χ4v) is 3.31. The number of halogens is 1. The molecule has 4 aromatic rings. The van der Waals surface area contributed by atoms with Gasteiger partial charge < -0.3 is 20.4 Å². The van der Waals surface area contributed by atoms with E-state index in [1.54, 1.807) is 24.3 Å². The van der Waals surface area contributed by atoms with Crippen LogP contribution in [0.15, 0.2) is 72.8 Å². The number of carbonyl (C=O) groups excluding carboxylic acids is 2. The summed E-state index contributed by atoms with van der Waals surface area (Å²) in [6.07, 6.45) is 0. The number of nitrogens with one attached hydrogen (secondary N) is 3. The van der Waals surface area contributed by atoms with Gasteiger partial charge in [-0.25, -0.2) is 9.59 Å². The maximum absolute atomic E-state index is 12.3. The number of ether oxygens (including phenoxy) is 1. The van der Waals surface area contributed by atoms with Crippen molar-refractivity contribution in [2.75, 3.05) is 17.7 Å². The van der Waals surface area contributed by atoms with Gasteiger partial charge in [0.25, 0.3) is 0 Å². The number of fused-ring (bicyclic) bond motifs is 1. The zero-order valence-electron chi connectivity index (χ0n) is 16.0. The Labute approximate surface area is 177 Å². The first kappa shape index (κ1) is 19.5. The van der Waals surface area contributed by atoms with E-state index in [-0.39, 0.29) is 0 Å². The normalized spacial score (nSPS) is 10.6. The van der Waals surface area contributed by atoms with Gasteiger partial charge in [-0.2, -0.15) is 0 Å². The number of carbonyl (C=O) groups is 2. The van der Waals surface area contributed by atoms with Crippen molar-refractivity contribution in [3.8, 4) is 11.3 Å². The number of esters is 1. The molecule has 0 saturated heterocycles. The number of aromatic amines is 1. The molecule has 0 atom stereocenters. The number of amides is 2. The molecule has 1 aromatic heterocycles. The van der Waals surface area contributed by atoms with Crippen molar-refractivity contribution >= 4 is 45.9 Å². The fourth-order valence-electron chi connectivity index (χ4n) is 3.13. The second-order valence-electron chi connectivity index (χ2n) is 6.64. The van der Waals surface area contributed by atoms with Crippen molar-refractivity contribution in [3.05, 3.63) is 83.4 Å². The molecule has 150 valence electrons. The van der Waals surface area contributed by atoms with Gasteiger partial charge in [-0.05, 0) is 60.2 Å². The predicted molar refractivity (Wildman–Crippen MR) is 119 cm³/mol.